The summed E-state index contributed by atoms with van der Waals surface area (Å²) in [6.07, 6.45) is 70.8. The maximum atomic E-state index is 13.1. The molecule has 19 heteroatoms. The summed E-state index contributed by atoms with van der Waals surface area (Å²) in [5, 5.41) is 10.7. The average molecular weight is 1490 g/mol. The Morgan fingerprint density at radius 3 is 0.578 bits per heavy atom. The molecule has 0 radical (unpaired) electrons. The smallest absolute Gasteiger partial charge is 0.462 e. The highest BCUT2D eigenvalue weighted by Gasteiger charge is 2.30. The van der Waals surface area contributed by atoms with Crippen LogP contribution in [0, 0.1) is 0 Å². The summed E-state index contributed by atoms with van der Waals surface area (Å²) in [6, 6.07) is 0. The summed E-state index contributed by atoms with van der Waals surface area (Å²) in [4.78, 5) is 73.1. The maximum Gasteiger partial charge on any atom is 0.472 e. The van der Waals surface area contributed by atoms with Crippen molar-refractivity contribution in [1.82, 2.24) is 0 Å². The van der Waals surface area contributed by atoms with Crippen LogP contribution in [0.1, 0.15) is 451 Å². The number of unbranched alkanes of at least 4 members (excludes halogenated alkanes) is 58. The Hall–Kier alpha value is -1.94. The highest BCUT2D eigenvalue weighted by molar-refractivity contribution is 7.47. The van der Waals surface area contributed by atoms with E-state index in [4.69, 9.17) is 37.0 Å². The lowest BCUT2D eigenvalue weighted by Gasteiger charge is -2.21. The number of hydrogen-bond acceptors (Lipinski definition) is 15. The molecule has 0 amide bonds. The zero-order valence-electron chi connectivity index (χ0n) is 66.6. The largest absolute Gasteiger partial charge is 0.472 e. The van der Waals surface area contributed by atoms with E-state index in [2.05, 4.69) is 27.7 Å². The normalized spacial score (nSPS) is 13.8. The summed E-state index contributed by atoms with van der Waals surface area (Å²) < 4.78 is 68.8. The zero-order valence-corrected chi connectivity index (χ0v) is 68.4. The van der Waals surface area contributed by atoms with E-state index in [1.54, 1.807) is 0 Å². The van der Waals surface area contributed by atoms with Crippen LogP contribution in [-0.2, 0) is 65.4 Å². The number of phosphoric ester groups is 2. The monoisotopic (exact) mass is 1490 g/mol. The molecule has 0 rings (SSSR count). The third-order valence-corrected chi connectivity index (χ3v) is 21.5. The van der Waals surface area contributed by atoms with Crippen molar-refractivity contribution in [3.8, 4) is 0 Å². The van der Waals surface area contributed by atoms with Gasteiger partial charge in [0.15, 0.2) is 12.2 Å². The van der Waals surface area contributed by atoms with Gasteiger partial charge in [-0.3, -0.25) is 37.3 Å². The fourth-order valence-corrected chi connectivity index (χ4v) is 14.6. The second kappa shape index (κ2) is 77.2. The minimum Gasteiger partial charge on any atom is -0.462 e. The molecule has 0 saturated carbocycles. The van der Waals surface area contributed by atoms with E-state index in [1.165, 1.54) is 283 Å². The molecule has 0 aliphatic rings. The van der Waals surface area contributed by atoms with E-state index < -0.39 is 97.5 Å². The summed E-state index contributed by atoms with van der Waals surface area (Å²) in [7, 11) is -9.92. The lowest BCUT2D eigenvalue weighted by Crippen LogP contribution is -2.30. The van der Waals surface area contributed by atoms with Gasteiger partial charge < -0.3 is 33.8 Å². The van der Waals surface area contributed by atoms with Gasteiger partial charge in [-0.05, 0) is 25.7 Å². The van der Waals surface area contributed by atoms with Gasteiger partial charge in [0.1, 0.15) is 19.3 Å². The van der Waals surface area contributed by atoms with Gasteiger partial charge in [0.25, 0.3) is 0 Å². The van der Waals surface area contributed by atoms with Crippen LogP contribution >= 0.6 is 15.6 Å². The SMILES string of the molecule is CCCCCCCCCCCCCCCCCCCCCC(=O)OC[C@H](COP(=O)(O)OC[C@@H](O)COP(=O)(O)OC[C@@H](COC(=O)CCCCCCCCCCCC)OC(=O)CCCCCCCCCCCCCCCC)OC(=O)CCCCCCCCCCCCCCCCCCCCC. The van der Waals surface area contributed by atoms with Crippen LogP contribution in [0.15, 0.2) is 0 Å². The first kappa shape index (κ1) is 100. The summed E-state index contributed by atoms with van der Waals surface area (Å²) in [6.45, 7) is 5.03. The Bertz CT molecular complexity index is 1930. The number of phosphoric acid groups is 2. The molecule has 0 aromatic carbocycles. The van der Waals surface area contributed by atoms with Crippen LogP contribution in [0.5, 0.6) is 0 Å². The number of esters is 4. The molecule has 0 bridgehead atoms. The lowest BCUT2D eigenvalue weighted by atomic mass is 10.0. The van der Waals surface area contributed by atoms with E-state index in [9.17, 15) is 43.2 Å². The third kappa shape index (κ3) is 76.3. The van der Waals surface area contributed by atoms with Crippen molar-refractivity contribution >= 4 is 39.5 Å². The minimum absolute atomic E-state index is 0.109. The molecule has 0 saturated heterocycles. The average Bonchev–Trinajstić information content (AvgIpc) is 0.923. The van der Waals surface area contributed by atoms with Crippen molar-refractivity contribution in [2.24, 2.45) is 0 Å². The fourth-order valence-electron chi connectivity index (χ4n) is 13.0. The molecule has 0 aromatic rings. The Morgan fingerprint density at radius 1 is 0.235 bits per heavy atom. The molecule has 3 N–H and O–H groups in total. The molecule has 0 spiro atoms. The summed E-state index contributed by atoms with van der Waals surface area (Å²) in [5.74, 6) is -2.10. The zero-order chi connectivity index (χ0) is 74.6. The van der Waals surface area contributed by atoms with Crippen molar-refractivity contribution in [3.05, 3.63) is 0 Å². The van der Waals surface area contributed by atoms with Crippen molar-refractivity contribution in [2.45, 2.75) is 470 Å². The molecule has 0 aliphatic heterocycles. The van der Waals surface area contributed by atoms with Gasteiger partial charge in [-0.2, -0.15) is 0 Å². The molecule has 0 aliphatic carbocycles. The molecular weight excluding hydrogens is 1330 g/mol. The number of aliphatic hydroxyl groups is 1. The van der Waals surface area contributed by atoms with Gasteiger partial charge in [0, 0.05) is 25.7 Å². The van der Waals surface area contributed by atoms with Gasteiger partial charge in [0.2, 0.25) is 0 Å². The number of aliphatic hydroxyl groups excluding tert-OH is 1. The molecule has 17 nitrogen and oxygen atoms in total. The molecular formula is C83H162O17P2. The number of ether oxygens (including phenoxy) is 4. The van der Waals surface area contributed by atoms with Crippen LogP contribution in [0.4, 0.5) is 0 Å². The van der Waals surface area contributed by atoms with Crippen LogP contribution in [0.3, 0.4) is 0 Å². The fraction of sp³-hybridized carbons (Fsp3) is 0.952. The number of hydrogen-bond donors (Lipinski definition) is 3. The topological polar surface area (TPSA) is 237 Å². The second-order valence-corrected chi connectivity index (χ2v) is 32.8. The van der Waals surface area contributed by atoms with Crippen molar-refractivity contribution in [1.29, 1.82) is 0 Å². The molecule has 606 valence electrons. The number of carbonyl (C=O) groups is 4. The Balaban J connectivity index is 5.22. The van der Waals surface area contributed by atoms with Crippen LogP contribution in [-0.4, -0.2) is 96.7 Å². The van der Waals surface area contributed by atoms with Gasteiger partial charge >= 0.3 is 39.5 Å². The first-order chi connectivity index (χ1) is 49.7. The predicted molar refractivity (Wildman–Crippen MR) is 419 cm³/mol. The maximum absolute atomic E-state index is 13.1. The third-order valence-electron chi connectivity index (χ3n) is 19.6. The Kier molecular flexibility index (Phi) is 75.8. The van der Waals surface area contributed by atoms with Gasteiger partial charge in [-0.1, -0.05) is 400 Å². The predicted octanol–water partition coefficient (Wildman–Crippen LogP) is 25.4. The van der Waals surface area contributed by atoms with E-state index in [0.717, 1.165) is 89.9 Å². The first-order valence-electron chi connectivity index (χ1n) is 43.3. The van der Waals surface area contributed by atoms with Crippen LogP contribution in [0.25, 0.3) is 0 Å². The second-order valence-electron chi connectivity index (χ2n) is 29.9. The molecule has 0 heterocycles. The summed E-state index contributed by atoms with van der Waals surface area (Å²) >= 11 is 0. The van der Waals surface area contributed by atoms with Gasteiger partial charge in [-0.15, -0.1) is 0 Å². The number of carbonyl (C=O) groups excluding carboxylic acids is 4. The highest BCUT2D eigenvalue weighted by atomic mass is 31.2. The molecule has 2 unspecified atom stereocenters. The van der Waals surface area contributed by atoms with Crippen LogP contribution < -0.4 is 0 Å². The molecule has 0 aromatic heterocycles. The Morgan fingerprint density at radius 2 is 0.392 bits per heavy atom. The van der Waals surface area contributed by atoms with Crippen molar-refractivity contribution in [3.63, 3.8) is 0 Å². The van der Waals surface area contributed by atoms with E-state index in [0.29, 0.717) is 25.7 Å². The van der Waals surface area contributed by atoms with Gasteiger partial charge in [-0.25, -0.2) is 9.13 Å². The van der Waals surface area contributed by atoms with Gasteiger partial charge in [0.05, 0.1) is 26.4 Å². The molecule has 0 fully saturated rings. The van der Waals surface area contributed by atoms with E-state index >= 15 is 0 Å². The van der Waals surface area contributed by atoms with Crippen LogP contribution in [0.2, 0.25) is 0 Å². The quantitative estimate of drug-likeness (QED) is 0.0222. The molecule has 102 heavy (non-hydrogen) atoms. The Labute approximate surface area is 626 Å². The standard InChI is InChI=1S/C83H162O17P2/c1-5-9-13-17-21-25-29-32-35-37-39-41-43-46-48-52-56-60-64-68-81(86)94-74-79(100-83(88)70-66-62-58-54-50-47-44-42-40-38-36-33-30-26-22-18-14-10-6-2)76-98-102(91,92)96-72-77(84)71-95-101(89,90)97-75-78(73-93-80(85)67-63-59-55-51-28-24-20-16-12-8-4)99-82(87)69-65-61-57-53-49-45-34-31-27-23-19-15-11-7-3/h77-79,84H,5-76H2,1-4H3,(H,89,90)(H,91,92)/t77-,78+,79+/m0/s1. The van der Waals surface area contributed by atoms with Crippen molar-refractivity contribution < 1.29 is 80.2 Å². The summed E-state index contributed by atoms with van der Waals surface area (Å²) in [5.41, 5.74) is 0. The van der Waals surface area contributed by atoms with E-state index in [-0.39, 0.29) is 25.7 Å². The lowest BCUT2D eigenvalue weighted by molar-refractivity contribution is -0.161. The van der Waals surface area contributed by atoms with E-state index in [1.807, 2.05) is 0 Å². The highest BCUT2D eigenvalue weighted by Crippen LogP contribution is 2.45. The number of rotatable bonds is 84. The first-order valence-corrected chi connectivity index (χ1v) is 46.3. The van der Waals surface area contributed by atoms with Crippen molar-refractivity contribution in [2.75, 3.05) is 39.6 Å². The minimum atomic E-state index is -4.96. The molecule has 5 atom stereocenters.